The van der Waals surface area contributed by atoms with Gasteiger partial charge >= 0.3 is 5.97 Å². The lowest BCUT2D eigenvalue weighted by Crippen LogP contribution is -2.59. The molecule has 0 amide bonds. The number of ether oxygens (including phenoxy) is 2. The summed E-state index contributed by atoms with van der Waals surface area (Å²) in [6.07, 6.45) is 3.61. The monoisotopic (exact) mass is 222 g/mol. The summed E-state index contributed by atoms with van der Waals surface area (Å²) >= 11 is 0. The zero-order valence-electron chi connectivity index (χ0n) is 9.19. The van der Waals surface area contributed by atoms with E-state index in [9.17, 15) is 9.59 Å². The quantitative estimate of drug-likeness (QED) is 0.622. The maximum absolute atomic E-state index is 11.9. The van der Waals surface area contributed by atoms with Gasteiger partial charge in [-0.15, -0.1) is 0 Å². The number of allylic oxidation sites excluding steroid dienone is 2. The molecular weight excluding hydrogens is 208 g/mol. The molecule has 0 aromatic carbocycles. The third-order valence-corrected chi connectivity index (χ3v) is 4.14. The molecular formula is C12H14O4. The molecule has 2 fully saturated rings. The first kappa shape index (κ1) is 9.87. The van der Waals surface area contributed by atoms with Crippen molar-refractivity contribution in [2.45, 2.75) is 19.3 Å². The molecule has 0 radical (unpaired) electrons. The molecule has 0 spiro atoms. The van der Waals surface area contributed by atoms with Gasteiger partial charge in [0.25, 0.3) is 0 Å². The van der Waals surface area contributed by atoms with E-state index in [1.54, 1.807) is 6.08 Å². The van der Waals surface area contributed by atoms with Crippen molar-refractivity contribution in [2.75, 3.05) is 13.7 Å². The lowest BCUT2D eigenvalue weighted by molar-refractivity contribution is -0.183. The Balaban J connectivity index is 2.01. The molecule has 16 heavy (non-hydrogen) atoms. The van der Waals surface area contributed by atoms with E-state index in [1.807, 2.05) is 0 Å². The van der Waals surface area contributed by atoms with Crippen molar-refractivity contribution < 1.29 is 19.1 Å². The molecule has 1 saturated heterocycles. The van der Waals surface area contributed by atoms with E-state index in [1.165, 1.54) is 7.11 Å². The summed E-state index contributed by atoms with van der Waals surface area (Å²) in [4.78, 5) is 23.5. The van der Waals surface area contributed by atoms with E-state index in [4.69, 9.17) is 9.47 Å². The molecule has 3 rings (SSSR count). The van der Waals surface area contributed by atoms with Crippen LogP contribution in [0.25, 0.3) is 0 Å². The molecule has 3 atom stereocenters. The van der Waals surface area contributed by atoms with Gasteiger partial charge in [-0.2, -0.15) is 0 Å². The minimum Gasteiger partial charge on any atom is -0.497 e. The first-order chi connectivity index (χ1) is 7.67. The van der Waals surface area contributed by atoms with Crippen LogP contribution < -0.4 is 0 Å². The van der Waals surface area contributed by atoms with E-state index >= 15 is 0 Å². The van der Waals surface area contributed by atoms with Gasteiger partial charge in [-0.3, -0.25) is 9.59 Å². The zero-order valence-corrected chi connectivity index (χ0v) is 9.19. The van der Waals surface area contributed by atoms with Crippen molar-refractivity contribution in [1.82, 2.24) is 0 Å². The number of carbonyl (C=O) groups is 2. The van der Waals surface area contributed by atoms with Crippen molar-refractivity contribution >= 4 is 11.8 Å². The SMILES string of the molecule is COC(=O)[C@]12CC(=O)C=C3OCC[C@@H](C1)[C@H]32. The van der Waals surface area contributed by atoms with Crippen LogP contribution in [0.1, 0.15) is 19.3 Å². The van der Waals surface area contributed by atoms with Gasteiger partial charge in [-0.1, -0.05) is 0 Å². The fourth-order valence-corrected chi connectivity index (χ4v) is 3.51. The average Bonchev–Trinajstić information content (AvgIpc) is 2.24. The Bertz CT molecular complexity index is 398. The molecule has 2 aliphatic carbocycles. The maximum Gasteiger partial charge on any atom is 0.313 e. The van der Waals surface area contributed by atoms with E-state index in [0.717, 1.165) is 12.8 Å². The highest BCUT2D eigenvalue weighted by atomic mass is 16.5. The summed E-state index contributed by atoms with van der Waals surface area (Å²) in [6, 6.07) is 0. The fraction of sp³-hybridized carbons (Fsp3) is 0.667. The third kappa shape index (κ3) is 1.05. The van der Waals surface area contributed by atoms with Gasteiger partial charge in [0.15, 0.2) is 5.78 Å². The summed E-state index contributed by atoms with van der Waals surface area (Å²) in [5.41, 5.74) is -0.610. The first-order valence-corrected chi connectivity index (χ1v) is 5.63. The van der Waals surface area contributed by atoms with Crippen LogP contribution >= 0.6 is 0 Å². The molecule has 0 aromatic heterocycles. The lowest BCUT2D eigenvalue weighted by Gasteiger charge is -2.56. The number of carbonyl (C=O) groups excluding carboxylic acids is 2. The van der Waals surface area contributed by atoms with Crippen LogP contribution in [0.5, 0.6) is 0 Å². The second-order valence-corrected chi connectivity index (χ2v) is 4.92. The number of ketones is 1. The predicted octanol–water partition coefficient (Wildman–Crippen LogP) is 1.06. The van der Waals surface area contributed by atoms with Crippen molar-refractivity contribution in [3.05, 3.63) is 11.8 Å². The number of hydrogen-bond acceptors (Lipinski definition) is 4. The lowest BCUT2D eigenvalue weighted by atomic mass is 9.48. The Morgan fingerprint density at radius 3 is 3.19 bits per heavy atom. The Labute approximate surface area is 93.6 Å². The predicted molar refractivity (Wildman–Crippen MR) is 54.3 cm³/mol. The molecule has 0 aromatic rings. The summed E-state index contributed by atoms with van der Waals surface area (Å²) in [6.45, 7) is 0.664. The van der Waals surface area contributed by atoms with Gasteiger partial charge in [0.05, 0.1) is 19.1 Å². The van der Waals surface area contributed by atoms with Crippen molar-refractivity contribution in [3.63, 3.8) is 0 Å². The highest BCUT2D eigenvalue weighted by Crippen LogP contribution is 2.62. The summed E-state index contributed by atoms with van der Waals surface area (Å²) in [5, 5.41) is 0. The van der Waals surface area contributed by atoms with E-state index in [-0.39, 0.29) is 24.1 Å². The molecule has 0 N–H and O–H groups in total. The Hall–Kier alpha value is -1.32. The van der Waals surface area contributed by atoms with Crippen molar-refractivity contribution in [3.8, 4) is 0 Å². The second-order valence-electron chi connectivity index (χ2n) is 4.92. The molecule has 1 heterocycles. The van der Waals surface area contributed by atoms with Gasteiger partial charge in [-0.05, 0) is 18.8 Å². The smallest absolute Gasteiger partial charge is 0.313 e. The molecule has 4 nitrogen and oxygen atoms in total. The summed E-state index contributed by atoms with van der Waals surface area (Å²) < 4.78 is 10.4. The minimum atomic E-state index is -0.610. The third-order valence-electron chi connectivity index (χ3n) is 4.14. The molecule has 1 aliphatic heterocycles. The Morgan fingerprint density at radius 1 is 1.62 bits per heavy atom. The van der Waals surface area contributed by atoms with E-state index in [0.29, 0.717) is 18.3 Å². The highest BCUT2D eigenvalue weighted by Gasteiger charge is 2.64. The Morgan fingerprint density at radius 2 is 2.44 bits per heavy atom. The highest BCUT2D eigenvalue weighted by molar-refractivity contribution is 5.97. The molecule has 3 aliphatic rings. The van der Waals surface area contributed by atoms with Gasteiger partial charge in [0, 0.05) is 18.4 Å². The van der Waals surface area contributed by atoms with Crippen molar-refractivity contribution in [2.24, 2.45) is 17.3 Å². The first-order valence-electron chi connectivity index (χ1n) is 5.63. The van der Waals surface area contributed by atoms with Gasteiger partial charge < -0.3 is 9.47 Å². The van der Waals surface area contributed by atoms with Gasteiger partial charge in [0.1, 0.15) is 5.76 Å². The molecule has 0 unspecified atom stereocenters. The summed E-state index contributed by atoms with van der Waals surface area (Å²) in [5.74, 6) is 1.03. The van der Waals surface area contributed by atoms with E-state index < -0.39 is 5.41 Å². The van der Waals surface area contributed by atoms with Crippen LogP contribution in [0.15, 0.2) is 11.8 Å². The normalized spacial score (nSPS) is 40.1. The maximum atomic E-state index is 11.9. The van der Waals surface area contributed by atoms with E-state index in [2.05, 4.69) is 0 Å². The van der Waals surface area contributed by atoms with Crippen LogP contribution in [0.4, 0.5) is 0 Å². The largest absolute Gasteiger partial charge is 0.497 e. The van der Waals surface area contributed by atoms with Gasteiger partial charge in [-0.25, -0.2) is 0 Å². The van der Waals surface area contributed by atoms with Crippen LogP contribution in [0.3, 0.4) is 0 Å². The van der Waals surface area contributed by atoms with Crippen molar-refractivity contribution in [1.29, 1.82) is 0 Å². The average molecular weight is 222 g/mol. The molecule has 0 bridgehead atoms. The molecule has 86 valence electrons. The topological polar surface area (TPSA) is 52.6 Å². The van der Waals surface area contributed by atoms with Gasteiger partial charge in [0.2, 0.25) is 0 Å². The second kappa shape index (κ2) is 3.09. The van der Waals surface area contributed by atoms with Crippen LogP contribution in [-0.2, 0) is 19.1 Å². The zero-order chi connectivity index (χ0) is 11.3. The number of methoxy groups -OCH3 is 1. The molecule has 1 saturated carbocycles. The number of esters is 1. The van der Waals surface area contributed by atoms with Crippen LogP contribution in [0, 0.1) is 17.3 Å². The minimum absolute atomic E-state index is 0.0167. The number of rotatable bonds is 1. The molecule has 4 heteroatoms. The van der Waals surface area contributed by atoms with Crippen LogP contribution in [-0.4, -0.2) is 25.5 Å². The summed E-state index contributed by atoms with van der Waals surface area (Å²) in [7, 11) is 1.39. The Kier molecular flexibility index (Phi) is 1.91. The fourth-order valence-electron chi connectivity index (χ4n) is 3.51. The van der Waals surface area contributed by atoms with Crippen LogP contribution in [0.2, 0.25) is 0 Å². The standard InChI is InChI=1S/C12H14O4/c1-15-11(14)12-5-7-2-3-16-9(10(7)12)4-8(13)6-12/h4,7,10H,2-3,5-6H2,1H3/t7-,10+,12-/m0/s1. The number of hydrogen-bond donors (Lipinski definition) is 0.